The molecule has 136 valence electrons. The minimum Gasteiger partial charge on any atom is -0.302 e. The summed E-state index contributed by atoms with van der Waals surface area (Å²) >= 11 is 0. The van der Waals surface area contributed by atoms with Crippen molar-refractivity contribution in [3.05, 3.63) is 53.3 Å². The molecular weight excluding hydrogens is 308 g/mol. The quantitative estimate of drug-likeness (QED) is 0.835. The molecule has 3 rings (SSSR count). The Morgan fingerprint density at radius 1 is 1.28 bits per heavy atom. The molecule has 4 nitrogen and oxygen atoms in total. The molecule has 0 bridgehead atoms. The molecule has 1 N–H and O–H groups in total. The van der Waals surface area contributed by atoms with Gasteiger partial charge < -0.3 is 4.90 Å². The van der Waals surface area contributed by atoms with Crippen LogP contribution in [0, 0.1) is 0 Å². The topological polar surface area (TPSA) is 35.2 Å². The fourth-order valence-electron chi connectivity index (χ4n) is 3.66. The van der Waals surface area contributed by atoms with Crippen molar-refractivity contribution in [1.82, 2.24) is 20.0 Å². The Labute approximate surface area is 152 Å². The highest BCUT2D eigenvalue weighted by Gasteiger charge is 2.23. The van der Waals surface area contributed by atoms with E-state index in [1.807, 2.05) is 0 Å². The second-order valence-electron chi connectivity index (χ2n) is 7.72. The molecule has 1 fully saturated rings. The van der Waals surface area contributed by atoms with E-state index in [0.717, 1.165) is 26.1 Å². The molecule has 1 atom stereocenters. The third-order valence-electron chi connectivity index (χ3n) is 5.34. The van der Waals surface area contributed by atoms with Crippen LogP contribution < -0.4 is 0 Å². The lowest BCUT2D eigenvalue weighted by molar-refractivity contribution is 0.111. The highest BCUT2D eigenvalue weighted by Crippen LogP contribution is 2.19. The van der Waals surface area contributed by atoms with E-state index in [9.17, 15) is 0 Å². The maximum absolute atomic E-state index is 4.44. The first-order chi connectivity index (χ1) is 12.1. The second-order valence-corrected chi connectivity index (χ2v) is 7.72. The number of hydrogen-bond acceptors (Lipinski definition) is 3. The van der Waals surface area contributed by atoms with Gasteiger partial charge in [0.25, 0.3) is 0 Å². The molecule has 0 unspecified atom stereocenters. The van der Waals surface area contributed by atoms with Gasteiger partial charge in [-0.1, -0.05) is 44.2 Å². The highest BCUT2D eigenvalue weighted by molar-refractivity contribution is 5.15. The van der Waals surface area contributed by atoms with Gasteiger partial charge in [0.2, 0.25) is 0 Å². The number of nitrogens with zero attached hydrogens (tertiary/aromatic N) is 3. The zero-order valence-corrected chi connectivity index (χ0v) is 15.9. The molecule has 0 amide bonds. The van der Waals surface area contributed by atoms with Crippen LogP contribution >= 0.6 is 0 Å². The zero-order chi connectivity index (χ0) is 17.6. The van der Waals surface area contributed by atoms with Gasteiger partial charge in [0, 0.05) is 31.4 Å². The monoisotopic (exact) mass is 340 g/mol. The molecule has 0 spiro atoms. The van der Waals surface area contributed by atoms with Gasteiger partial charge in [0.05, 0.1) is 5.69 Å². The lowest BCUT2D eigenvalue weighted by Crippen LogP contribution is -2.46. The van der Waals surface area contributed by atoms with Gasteiger partial charge in [-0.3, -0.25) is 10.00 Å². The van der Waals surface area contributed by atoms with E-state index in [0.29, 0.717) is 12.0 Å². The number of rotatable bonds is 7. The van der Waals surface area contributed by atoms with E-state index in [4.69, 9.17) is 0 Å². The number of aromatic nitrogens is 2. The van der Waals surface area contributed by atoms with Gasteiger partial charge >= 0.3 is 0 Å². The van der Waals surface area contributed by atoms with Crippen LogP contribution in [0.3, 0.4) is 0 Å². The molecule has 0 saturated carbocycles. The van der Waals surface area contributed by atoms with Crippen molar-refractivity contribution in [3.8, 4) is 0 Å². The summed E-state index contributed by atoms with van der Waals surface area (Å²) in [5, 5.41) is 7.66. The van der Waals surface area contributed by atoms with Gasteiger partial charge in [-0.05, 0) is 50.4 Å². The SMILES string of the molecule is CC(C)c1cc(CN2CCC[C@H](N(C)CCc3ccccc3)C2)[nH]n1. The van der Waals surface area contributed by atoms with E-state index in [2.05, 4.69) is 77.3 Å². The third-order valence-corrected chi connectivity index (χ3v) is 5.34. The van der Waals surface area contributed by atoms with Crippen molar-refractivity contribution >= 4 is 0 Å². The summed E-state index contributed by atoms with van der Waals surface area (Å²) < 4.78 is 0. The molecule has 25 heavy (non-hydrogen) atoms. The molecule has 2 heterocycles. The molecule has 0 aliphatic carbocycles. The van der Waals surface area contributed by atoms with Gasteiger partial charge in [-0.25, -0.2) is 0 Å². The van der Waals surface area contributed by atoms with E-state index in [1.54, 1.807) is 0 Å². The van der Waals surface area contributed by atoms with Crippen molar-refractivity contribution in [2.45, 2.75) is 51.6 Å². The van der Waals surface area contributed by atoms with Crippen LogP contribution in [0.2, 0.25) is 0 Å². The lowest BCUT2D eigenvalue weighted by atomic mass is 10.0. The highest BCUT2D eigenvalue weighted by atomic mass is 15.2. The average molecular weight is 341 g/mol. The van der Waals surface area contributed by atoms with Gasteiger partial charge in [-0.15, -0.1) is 0 Å². The Balaban J connectivity index is 1.49. The first-order valence-electron chi connectivity index (χ1n) is 9.62. The Morgan fingerprint density at radius 3 is 2.80 bits per heavy atom. The van der Waals surface area contributed by atoms with Crippen LogP contribution in [0.4, 0.5) is 0 Å². The van der Waals surface area contributed by atoms with Gasteiger partial charge in [-0.2, -0.15) is 5.10 Å². The van der Waals surface area contributed by atoms with E-state index < -0.39 is 0 Å². The molecule has 1 aliphatic heterocycles. The second kappa shape index (κ2) is 8.63. The molecule has 1 saturated heterocycles. The summed E-state index contributed by atoms with van der Waals surface area (Å²) in [4.78, 5) is 5.12. The van der Waals surface area contributed by atoms with Crippen LogP contribution in [0.25, 0.3) is 0 Å². The number of nitrogens with one attached hydrogen (secondary N) is 1. The van der Waals surface area contributed by atoms with Crippen molar-refractivity contribution in [2.75, 3.05) is 26.7 Å². The lowest BCUT2D eigenvalue weighted by Gasteiger charge is -2.37. The number of likely N-dealkylation sites (N-methyl/N-ethyl adjacent to an activating group) is 1. The number of hydrogen-bond donors (Lipinski definition) is 1. The fraction of sp³-hybridized carbons (Fsp3) is 0.571. The zero-order valence-electron chi connectivity index (χ0n) is 15.9. The van der Waals surface area contributed by atoms with Crippen LogP contribution in [0.1, 0.15) is 49.6 Å². The number of piperidine rings is 1. The third kappa shape index (κ3) is 5.16. The van der Waals surface area contributed by atoms with Gasteiger partial charge in [0.1, 0.15) is 0 Å². The van der Waals surface area contributed by atoms with E-state index in [-0.39, 0.29) is 0 Å². The number of likely N-dealkylation sites (tertiary alicyclic amines) is 1. The first kappa shape index (κ1) is 18.2. The predicted molar refractivity (Wildman–Crippen MR) is 104 cm³/mol. The smallest absolute Gasteiger partial charge is 0.0650 e. The first-order valence-corrected chi connectivity index (χ1v) is 9.62. The van der Waals surface area contributed by atoms with E-state index in [1.165, 1.54) is 36.3 Å². The Bertz CT molecular complexity index is 634. The summed E-state index contributed by atoms with van der Waals surface area (Å²) in [6, 6.07) is 13.7. The van der Waals surface area contributed by atoms with Gasteiger partial charge in [0.15, 0.2) is 0 Å². The molecule has 1 aliphatic rings. The molecule has 1 aromatic carbocycles. The average Bonchev–Trinajstić information content (AvgIpc) is 3.09. The normalized spacial score (nSPS) is 19.0. The molecule has 2 aromatic rings. The maximum Gasteiger partial charge on any atom is 0.0650 e. The Morgan fingerprint density at radius 2 is 2.08 bits per heavy atom. The fourth-order valence-corrected chi connectivity index (χ4v) is 3.66. The number of benzene rings is 1. The maximum atomic E-state index is 4.44. The minimum absolute atomic E-state index is 0.489. The number of aromatic amines is 1. The summed E-state index contributed by atoms with van der Waals surface area (Å²) in [5.74, 6) is 0.489. The summed E-state index contributed by atoms with van der Waals surface area (Å²) in [7, 11) is 2.28. The standard InChI is InChI=1S/C21H32N4/c1-17(2)21-14-19(22-23-21)15-25-12-7-10-20(16-25)24(3)13-11-18-8-5-4-6-9-18/h4-6,8-9,14,17,20H,7,10-13,15-16H2,1-3H3,(H,22,23)/t20-/m0/s1. The largest absolute Gasteiger partial charge is 0.302 e. The van der Waals surface area contributed by atoms with E-state index >= 15 is 0 Å². The van der Waals surface area contributed by atoms with Crippen molar-refractivity contribution in [3.63, 3.8) is 0 Å². The molecule has 4 heteroatoms. The minimum atomic E-state index is 0.489. The van der Waals surface area contributed by atoms with Crippen LogP contribution in [0.5, 0.6) is 0 Å². The number of H-pyrrole nitrogens is 1. The van der Waals surface area contributed by atoms with Crippen molar-refractivity contribution in [1.29, 1.82) is 0 Å². The summed E-state index contributed by atoms with van der Waals surface area (Å²) in [6.07, 6.45) is 3.72. The Kier molecular flexibility index (Phi) is 6.27. The summed E-state index contributed by atoms with van der Waals surface area (Å²) in [6.45, 7) is 8.85. The molecule has 0 radical (unpaired) electrons. The molecular formula is C21H32N4. The van der Waals surface area contributed by atoms with Crippen LogP contribution in [0.15, 0.2) is 36.4 Å². The van der Waals surface area contributed by atoms with Crippen LogP contribution in [-0.4, -0.2) is 52.7 Å². The van der Waals surface area contributed by atoms with Crippen LogP contribution in [-0.2, 0) is 13.0 Å². The predicted octanol–water partition coefficient (Wildman–Crippen LogP) is 3.67. The van der Waals surface area contributed by atoms with Crippen molar-refractivity contribution in [2.24, 2.45) is 0 Å². The summed E-state index contributed by atoms with van der Waals surface area (Å²) in [5.41, 5.74) is 3.85. The van der Waals surface area contributed by atoms with Crippen molar-refractivity contribution < 1.29 is 0 Å². The molecule has 1 aromatic heterocycles. The Hall–Kier alpha value is -1.65.